The molecule has 0 bridgehead atoms. The van der Waals surface area contributed by atoms with Crippen molar-refractivity contribution >= 4 is 35.6 Å². The Morgan fingerprint density at radius 1 is 1.26 bits per heavy atom. The minimum atomic E-state index is 0. The highest BCUT2D eigenvalue weighted by Crippen LogP contribution is 2.10. The SMILES string of the molecule is CCCN1CCC(NC(=NCCc2cn3ccccc3n2)NCC)CC1.I. The zero-order valence-corrected chi connectivity index (χ0v) is 18.9. The average Bonchev–Trinajstić information content (AvgIpc) is 3.06. The van der Waals surface area contributed by atoms with Crippen LogP contribution < -0.4 is 10.6 Å². The number of rotatable bonds is 7. The average molecular weight is 484 g/mol. The molecule has 0 aromatic carbocycles. The fourth-order valence-electron chi connectivity index (χ4n) is 3.52. The van der Waals surface area contributed by atoms with E-state index in [4.69, 9.17) is 4.99 Å². The molecule has 2 aromatic rings. The van der Waals surface area contributed by atoms with E-state index in [2.05, 4.69) is 45.0 Å². The maximum atomic E-state index is 4.76. The van der Waals surface area contributed by atoms with Gasteiger partial charge in [0.2, 0.25) is 0 Å². The van der Waals surface area contributed by atoms with Gasteiger partial charge in [0.05, 0.1) is 5.69 Å². The molecule has 6 nitrogen and oxygen atoms in total. The van der Waals surface area contributed by atoms with Crippen molar-refractivity contribution in [3.63, 3.8) is 0 Å². The van der Waals surface area contributed by atoms with Crippen molar-refractivity contribution in [3.8, 4) is 0 Å². The van der Waals surface area contributed by atoms with Gasteiger partial charge in [-0.2, -0.15) is 0 Å². The minimum absolute atomic E-state index is 0. The highest BCUT2D eigenvalue weighted by atomic mass is 127. The van der Waals surface area contributed by atoms with E-state index in [1.807, 2.05) is 24.4 Å². The van der Waals surface area contributed by atoms with E-state index in [0.717, 1.165) is 36.8 Å². The standard InChI is InChI=1S/C20H32N6.HI/c1-3-12-25-14-9-17(10-15-25)24-20(21-4-2)22-11-8-18-16-26-13-6-5-7-19(26)23-18;/h5-7,13,16-17H,3-4,8-12,14-15H2,1-2H3,(H2,21,22,24);1H. The van der Waals surface area contributed by atoms with Crippen molar-refractivity contribution < 1.29 is 0 Å². The number of halogens is 1. The van der Waals surface area contributed by atoms with Crippen LogP contribution in [0.1, 0.15) is 38.8 Å². The molecule has 2 aromatic heterocycles. The molecule has 3 rings (SSSR count). The molecular weight excluding hydrogens is 451 g/mol. The Labute approximate surface area is 179 Å². The molecule has 1 aliphatic rings. The van der Waals surface area contributed by atoms with Crippen molar-refractivity contribution in [2.45, 2.75) is 45.6 Å². The Hall–Kier alpha value is -1.35. The molecule has 1 fully saturated rings. The molecule has 0 amide bonds. The summed E-state index contributed by atoms with van der Waals surface area (Å²) in [5.74, 6) is 0.935. The second-order valence-corrected chi connectivity index (χ2v) is 6.97. The normalized spacial score (nSPS) is 16.3. The maximum absolute atomic E-state index is 4.76. The van der Waals surface area contributed by atoms with Crippen LogP contribution in [-0.4, -0.2) is 59.0 Å². The number of piperidine rings is 1. The number of pyridine rings is 1. The molecule has 0 atom stereocenters. The van der Waals surface area contributed by atoms with Gasteiger partial charge in [-0.05, 0) is 44.9 Å². The van der Waals surface area contributed by atoms with E-state index in [1.165, 1.54) is 38.9 Å². The Balaban J connectivity index is 0.00000261. The summed E-state index contributed by atoms with van der Waals surface area (Å²) in [5.41, 5.74) is 2.08. The first kappa shape index (κ1) is 21.9. The van der Waals surface area contributed by atoms with E-state index >= 15 is 0 Å². The molecule has 27 heavy (non-hydrogen) atoms. The molecule has 0 radical (unpaired) electrons. The summed E-state index contributed by atoms with van der Waals surface area (Å²) in [5, 5.41) is 7.00. The number of hydrogen-bond acceptors (Lipinski definition) is 3. The predicted molar refractivity (Wildman–Crippen MR) is 123 cm³/mol. The summed E-state index contributed by atoms with van der Waals surface area (Å²) in [4.78, 5) is 12.0. The lowest BCUT2D eigenvalue weighted by molar-refractivity contribution is 0.206. The summed E-state index contributed by atoms with van der Waals surface area (Å²) < 4.78 is 2.06. The molecule has 0 aliphatic carbocycles. The fraction of sp³-hybridized carbons (Fsp3) is 0.600. The van der Waals surface area contributed by atoms with Gasteiger partial charge >= 0.3 is 0 Å². The van der Waals surface area contributed by atoms with Crippen molar-refractivity contribution in [1.82, 2.24) is 24.9 Å². The molecule has 150 valence electrons. The van der Waals surface area contributed by atoms with E-state index in [1.54, 1.807) is 0 Å². The number of fused-ring (bicyclic) bond motifs is 1. The molecule has 0 spiro atoms. The van der Waals surface area contributed by atoms with Crippen LogP contribution in [0.2, 0.25) is 0 Å². The molecule has 0 unspecified atom stereocenters. The second kappa shape index (κ2) is 11.5. The van der Waals surface area contributed by atoms with Crippen LogP contribution in [0, 0.1) is 0 Å². The third kappa shape index (κ3) is 6.64. The summed E-state index contributed by atoms with van der Waals surface area (Å²) in [6, 6.07) is 6.60. The molecular formula is C20H33IN6. The van der Waals surface area contributed by atoms with Crippen LogP contribution in [0.3, 0.4) is 0 Å². The number of hydrogen-bond donors (Lipinski definition) is 2. The topological polar surface area (TPSA) is 57.0 Å². The molecule has 1 aliphatic heterocycles. The first-order valence-corrected chi connectivity index (χ1v) is 9.98. The molecule has 1 saturated heterocycles. The second-order valence-electron chi connectivity index (χ2n) is 6.97. The Bertz CT molecular complexity index is 672. The lowest BCUT2D eigenvalue weighted by Gasteiger charge is -2.32. The van der Waals surface area contributed by atoms with E-state index < -0.39 is 0 Å². The Morgan fingerprint density at radius 2 is 2.07 bits per heavy atom. The Kier molecular flexibility index (Phi) is 9.33. The zero-order chi connectivity index (χ0) is 18.2. The summed E-state index contributed by atoms with van der Waals surface area (Å²) in [6.07, 6.45) is 8.60. The van der Waals surface area contributed by atoms with Gasteiger partial charge in [0.15, 0.2) is 5.96 Å². The summed E-state index contributed by atoms with van der Waals surface area (Å²) >= 11 is 0. The smallest absolute Gasteiger partial charge is 0.191 e. The first-order chi connectivity index (χ1) is 12.8. The lowest BCUT2D eigenvalue weighted by Crippen LogP contribution is -2.48. The van der Waals surface area contributed by atoms with Crippen LogP contribution in [0.15, 0.2) is 35.6 Å². The molecule has 2 N–H and O–H groups in total. The number of nitrogens with one attached hydrogen (secondary N) is 2. The van der Waals surface area contributed by atoms with Gasteiger partial charge in [0.1, 0.15) is 5.65 Å². The predicted octanol–water partition coefficient (Wildman–Crippen LogP) is 2.92. The van der Waals surface area contributed by atoms with Gasteiger partial charge in [-0.3, -0.25) is 4.99 Å². The number of guanidine groups is 1. The molecule has 3 heterocycles. The zero-order valence-electron chi connectivity index (χ0n) is 16.5. The van der Waals surface area contributed by atoms with Crippen molar-refractivity contribution in [2.75, 3.05) is 32.7 Å². The van der Waals surface area contributed by atoms with Crippen molar-refractivity contribution in [1.29, 1.82) is 0 Å². The van der Waals surface area contributed by atoms with E-state index in [9.17, 15) is 0 Å². The van der Waals surface area contributed by atoms with Crippen LogP contribution >= 0.6 is 24.0 Å². The molecule has 0 saturated carbocycles. The highest BCUT2D eigenvalue weighted by molar-refractivity contribution is 14.0. The minimum Gasteiger partial charge on any atom is -0.357 e. The van der Waals surface area contributed by atoms with Crippen LogP contribution in [0.4, 0.5) is 0 Å². The lowest BCUT2D eigenvalue weighted by atomic mass is 10.1. The van der Waals surface area contributed by atoms with Gasteiger partial charge in [-0.25, -0.2) is 4.98 Å². The summed E-state index contributed by atoms with van der Waals surface area (Å²) in [7, 11) is 0. The maximum Gasteiger partial charge on any atom is 0.191 e. The number of nitrogens with zero attached hydrogens (tertiary/aromatic N) is 4. The van der Waals surface area contributed by atoms with Crippen molar-refractivity contribution in [2.24, 2.45) is 4.99 Å². The highest BCUT2D eigenvalue weighted by Gasteiger charge is 2.19. The first-order valence-electron chi connectivity index (χ1n) is 9.98. The number of likely N-dealkylation sites (tertiary alicyclic amines) is 1. The third-order valence-electron chi connectivity index (χ3n) is 4.86. The fourth-order valence-corrected chi connectivity index (χ4v) is 3.52. The van der Waals surface area contributed by atoms with Gasteiger partial charge in [0.25, 0.3) is 0 Å². The third-order valence-corrected chi connectivity index (χ3v) is 4.86. The number of imidazole rings is 1. The van der Waals surface area contributed by atoms with Gasteiger partial charge in [-0.1, -0.05) is 13.0 Å². The largest absolute Gasteiger partial charge is 0.357 e. The van der Waals surface area contributed by atoms with Gasteiger partial charge in [-0.15, -0.1) is 24.0 Å². The monoisotopic (exact) mass is 484 g/mol. The Morgan fingerprint density at radius 3 is 2.78 bits per heavy atom. The van der Waals surface area contributed by atoms with Gasteiger partial charge in [0, 0.05) is 51.0 Å². The van der Waals surface area contributed by atoms with E-state index in [0.29, 0.717) is 6.04 Å². The van der Waals surface area contributed by atoms with Crippen LogP contribution in [0.25, 0.3) is 5.65 Å². The van der Waals surface area contributed by atoms with Crippen LogP contribution in [0.5, 0.6) is 0 Å². The van der Waals surface area contributed by atoms with E-state index in [-0.39, 0.29) is 24.0 Å². The van der Waals surface area contributed by atoms with Crippen molar-refractivity contribution in [3.05, 3.63) is 36.3 Å². The quantitative estimate of drug-likeness (QED) is 0.361. The van der Waals surface area contributed by atoms with Gasteiger partial charge < -0.3 is 19.9 Å². The number of aliphatic imine (C=N–C) groups is 1. The van der Waals surface area contributed by atoms with Crippen LogP contribution in [-0.2, 0) is 6.42 Å². The summed E-state index contributed by atoms with van der Waals surface area (Å²) in [6.45, 7) is 9.59. The molecule has 7 heteroatoms. The number of aromatic nitrogens is 2.